The highest BCUT2D eigenvalue weighted by molar-refractivity contribution is 6.32. The molecule has 1 rings (SSSR count). The Bertz CT molecular complexity index is 310. The van der Waals surface area contributed by atoms with Gasteiger partial charge in [-0.25, -0.2) is 8.78 Å². The maximum Gasteiger partial charge on any atom is 0.176 e. The van der Waals surface area contributed by atoms with E-state index in [0.717, 1.165) is 12.1 Å². The number of rotatable bonds is 3. The van der Waals surface area contributed by atoms with Gasteiger partial charge in [0.25, 0.3) is 0 Å². The molecule has 6 heteroatoms. The number of benzene rings is 1. The van der Waals surface area contributed by atoms with Gasteiger partial charge in [-0.05, 0) is 12.1 Å². The molecule has 14 heavy (non-hydrogen) atoms. The predicted octanol–water partition coefficient (Wildman–Crippen LogP) is 2.38. The van der Waals surface area contributed by atoms with Crippen LogP contribution in [0, 0.1) is 11.6 Å². The molecule has 80 valence electrons. The minimum absolute atomic E-state index is 0. The summed E-state index contributed by atoms with van der Waals surface area (Å²) in [4.78, 5) is 0. The molecule has 0 aliphatic carbocycles. The molecule has 2 nitrogen and oxygen atoms in total. The van der Waals surface area contributed by atoms with Crippen LogP contribution in [0.1, 0.15) is 0 Å². The molecule has 0 aromatic heterocycles. The molecule has 0 heterocycles. The molecule has 0 spiro atoms. The zero-order valence-corrected chi connectivity index (χ0v) is 8.67. The summed E-state index contributed by atoms with van der Waals surface area (Å²) in [6.45, 7) is 0.312. The van der Waals surface area contributed by atoms with Crippen LogP contribution in [0.2, 0.25) is 5.02 Å². The van der Waals surface area contributed by atoms with Crippen molar-refractivity contribution in [3.05, 3.63) is 28.8 Å². The van der Waals surface area contributed by atoms with E-state index in [1.54, 1.807) is 0 Å². The van der Waals surface area contributed by atoms with E-state index in [0.29, 0.717) is 0 Å². The maximum absolute atomic E-state index is 12.9. The fourth-order valence-corrected chi connectivity index (χ4v) is 1.01. The Morgan fingerprint density at radius 2 is 1.86 bits per heavy atom. The first kappa shape index (κ1) is 13.4. The molecule has 2 N–H and O–H groups in total. The molecular formula is C8H9Cl2F2NO. The summed E-state index contributed by atoms with van der Waals surface area (Å²) in [5.74, 6) is -1.69. The zero-order valence-electron chi connectivity index (χ0n) is 7.10. The molecule has 0 atom stereocenters. The van der Waals surface area contributed by atoms with Crippen molar-refractivity contribution in [1.82, 2.24) is 0 Å². The number of halogens is 4. The highest BCUT2D eigenvalue weighted by atomic mass is 35.5. The molecule has 1 aromatic carbocycles. The highest BCUT2D eigenvalue weighted by Crippen LogP contribution is 2.29. The molecule has 0 saturated heterocycles. The van der Waals surface area contributed by atoms with Crippen LogP contribution in [0.25, 0.3) is 0 Å². The number of hydrogen-bond donors (Lipinski definition) is 1. The molecule has 0 fully saturated rings. The minimum atomic E-state index is -0.713. The predicted molar refractivity (Wildman–Crippen MR) is 53.2 cm³/mol. The van der Waals surface area contributed by atoms with Gasteiger partial charge in [-0.3, -0.25) is 0 Å². The second-order valence-corrected chi connectivity index (χ2v) is 2.69. The van der Waals surface area contributed by atoms with Gasteiger partial charge < -0.3 is 10.5 Å². The SMILES string of the molecule is Cl.NCCOc1c(F)ccc(F)c1Cl. The molecule has 1 aromatic rings. The quantitative estimate of drug-likeness (QED) is 0.828. The molecule has 0 saturated carbocycles. The summed E-state index contributed by atoms with van der Waals surface area (Å²) < 4.78 is 30.5. The van der Waals surface area contributed by atoms with Gasteiger partial charge in [0.1, 0.15) is 17.4 Å². The molecule has 0 aliphatic rings. The first-order chi connectivity index (χ1) is 6.16. The normalized spacial score (nSPS) is 9.43. The third-order valence-electron chi connectivity index (χ3n) is 1.37. The van der Waals surface area contributed by atoms with Gasteiger partial charge in [0.2, 0.25) is 0 Å². The van der Waals surface area contributed by atoms with Gasteiger partial charge in [-0.15, -0.1) is 12.4 Å². The summed E-state index contributed by atoms with van der Waals surface area (Å²) in [7, 11) is 0. The standard InChI is InChI=1S/C8H8ClF2NO.ClH/c9-7-5(10)1-2-6(11)8(7)13-4-3-12;/h1-2H,3-4,12H2;1H. The summed E-state index contributed by atoms with van der Waals surface area (Å²) in [5.41, 5.74) is 5.13. The van der Waals surface area contributed by atoms with E-state index in [9.17, 15) is 8.78 Å². The lowest BCUT2D eigenvalue weighted by molar-refractivity contribution is 0.309. The third kappa shape index (κ3) is 2.97. The summed E-state index contributed by atoms with van der Waals surface area (Å²) in [5, 5.41) is -0.353. The molecule has 0 radical (unpaired) electrons. The van der Waals surface area contributed by atoms with E-state index in [4.69, 9.17) is 22.1 Å². The van der Waals surface area contributed by atoms with E-state index >= 15 is 0 Å². The lowest BCUT2D eigenvalue weighted by Crippen LogP contribution is -2.11. The Labute approximate surface area is 91.4 Å². The Kier molecular flexibility index (Phi) is 5.76. The second kappa shape index (κ2) is 6.01. The maximum atomic E-state index is 12.9. The van der Waals surface area contributed by atoms with Crippen LogP contribution in [-0.2, 0) is 0 Å². The van der Waals surface area contributed by atoms with E-state index in [2.05, 4.69) is 0 Å². The van der Waals surface area contributed by atoms with Crippen molar-refractivity contribution in [2.75, 3.05) is 13.2 Å². The van der Waals surface area contributed by atoms with Crippen LogP contribution in [-0.4, -0.2) is 13.2 Å². The monoisotopic (exact) mass is 243 g/mol. The fraction of sp³-hybridized carbons (Fsp3) is 0.250. The molecule has 0 amide bonds. The van der Waals surface area contributed by atoms with Gasteiger partial charge >= 0.3 is 0 Å². The lowest BCUT2D eigenvalue weighted by Gasteiger charge is -2.07. The van der Waals surface area contributed by atoms with Crippen molar-refractivity contribution in [3.8, 4) is 5.75 Å². The zero-order chi connectivity index (χ0) is 9.84. The van der Waals surface area contributed by atoms with Gasteiger partial charge in [0.05, 0.1) is 0 Å². The van der Waals surface area contributed by atoms with E-state index in [1.165, 1.54) is 0 Å². The Morgan fingerprint density at radius 1 is 1.29 bits per heavy atom. The first-order valence-electron chi connectivity index (χ1n) is 3.63. The van der Waals surface area contributed by atoms with E-state index < -0.39 is 11.6 Å². The van der Waals surface area contributed by atoms with Crippen LogP contribution < -0.4 is 10.5 Å². The van der Waals surface area contributed by atoms with Crippen molar-refractivity contribution < 1.29 is 13.5 Å². The van der Waals surface area contributed by atoms with E-state index in [-0.39, 0.29) is 36.3 Å². The number of nitrogens with two attached hydrogens (primary N) is 1. The Balaban J connectivity index is 0.00000169. The topological polar surface area (TPSA) is 35.2 Å². The van der Waals surface area contributed by atoms with Gasteiger partial charge in [0, 0.05) is 6.54 Å². The van der Waals surface area contributed by atoms with Gasteiger partial charge in [0.15, 0.2) is 11.6 Å². The number of ether oxygens (including phenoxy) is 1. The lowest BCUT2D eigenvalue weighted by atomic mass is 10.3. The van der Waals surface area contributed by atoms with Crippen molar-refractivity contribution in [2.45, 2.75) is 0 Å². The van der Waals surface area contributed by atoms with Crippen LogP contribution in [0.4, 0.5) is 8.78 Å². The van der Waals surface area contributed by atoms with Crippen molar-refractivity contribution in [1.29, 1.82) is 0 Å². The summed E-state index contributed by atoms with van der Waals surface area (Å²) in [6, 6.07) is 1.89. The van der Waals surface area contributed by atoms with Crippen molar-refractivity contribution in [2.24, 2.45) is 5.73 Å². The van der Waals surface area contributed by atoms with Crippen LogP contribution in [0.5, 0.6) is 5.75 Å². The molecule has 0 bridgehead atoms. The number of hydrogen-bond acceptors (Lipinski definition) is 2. The summed E-state index contributed by atoms with van der Waals surface area (Å²) >= 11 is 5.45. The first-order valence-corrected chi connectivity index (χ1v) is 4.01. The average Bonchev–Trinajstić information content (AvgIpc) is 2.12. The van der Waals surface area contributed by atoms with Crippen LogP contribution in [0.3, 0.4) is 0 Å². The van der Waals surface area contributed by atoms with Crippen molar-refractivity contribution in [3.63, 3.8) is 0 Å². The smallest absolute Gasteiger partial charge is 0.176 e. The minimum Gasteiger partial charge on any atom is -0.488 e. The van der Waals surface area contributed by atoms with Gasteiger partial charge in [-0.1, -0.05) is 11.6 Å². The average molecular weight is 244 g/mol. The highest BCUT2D eigenvalue weighted by Gasteiger charge is 2.12. The summed E-state index contributed by atoms with van der Waals surface area (Å²) in [6.07, 6.45) is 0. The molecule has 0 unspecified atom stereocenters. The van der Waals surface area contributed by atoms with Crippen molar-refractivity contribution >= 4 is 24.0 Å². The van der Waals surface area contributed by atoms with Crippen LogP contribution >= 0.6 is 24.0 Å². The third-order valence-corrected chi connectivity index (χ3v) is 1.72. The van der Waals surface area contributed by atoms with Crippen LogP contribution in [0.15, 0.2) is 12.1 Å². The molecular weight excluding hydrogens is 235 g/mol. The van der Waals surface area contributed by atoms with Gasteiger partial charge in [-0.2, -0.15) is 0 Å². The molecule has 0 aliphatic heterocycles. The Morgan fingerprint density at radius 3 is 2.43 bits per heavy atom. The second-order valence-electron chi connectivity index (χ2n) is 2.31. The van der Waals surface area contributed by atoms with E-state index in [1.807, 2.05) is 0 Å². The Hall–Kier alpha value is -0.580. The largest absolute Gasteiger partial charge is 0.488 e. The fourth-order valence-electron chi connectivity index (χ4n) is 0.802.